The summed E-state index contributed by atoms with van der Waals surface area (Å²) in [5.41, 5.74) is 0. The topological polar surface area (TPSA) is 95.9 Å². The lowest BCUT2D eigenvalue weighted by Crippen LogP contribution is -2.45. The molecule has 0 bridgehead atoms. The molecule has 0 saturated carbocycles. The number of unbranched alkanes of at least 4 members (excludes halogenated alkanes) is 48. The monoisotopic (exact) mass is 1040 g/mol. The fourth-order valence-electron chi connectivity index (χ4n) is 10.6. The van der Waals surface area contributed by atoms with Crippen LogP contribution in [0.2, 0.25) is 0 Å². The highest BCUT2D eigenvalue weighted by molar-refractivity contribution is 5.76. The number of aliphatic hydroxyl groups excluding tert-OH is 2. The Morgan fingerprint density at radius 2 is 0.676 bits per heavy atom. The summed E-state index contributed by atoms with van der Waals surface area (Å²) in [6, 6.07) is -0.545. The zero-order valence-electron chi connectivity index (χ0n) is 50.1. The molecule has 6 nitrogen and oxygen atoms in total. The lowest BCUT2D eigenvalue weighted by Gasteiger charge is -2.22. The summed E-state index contributed by atoms with van der Waals surface area (Å²) in [4.78, 5) is 24.6. The van der Waals surface area contributed by atoms with Gasteiger partial charge in [-0.1, -0.05) is 327 Å². The minimum atomic E-state index is -0.667. The molecule has 0 aromatic heterocycles. The Balaban J connectivity index is 3.40. The largest absolute Gasteiger partial charge is 0.466 e. The van der Waals surface area contributed by atoms with E-state index in [0.29, 0.717) is 25.9 Å². The lowest BCUT2D eigenvalue weighted by molar-refractivity contribution is -0.143. The van der Waals surface area contributed by atoms with Crippen LogP contribution >= 0.6 is 0 Å². The third-order valence-corrected chi connectivity index (χ3v) is 15.8. The first-order valence-corrected chi connectivity index (χ1v) is 33.6. The molecule has 0 radical (unpaired) electrons. The molecule has 0 aliphatic heterocycles. The number of allylic oxidation sites excluding steroid dienone is 4. The minimum Gasteiger partial charge on any atom is -0.466 e. The molecule has 0 aromatic carbocycles. The van der Waals surface area contributed by atoms with E-state index in [1.807, 2.05) is 0 Å². The van der Waals surface area contributed by atoms with E-state index in [1.165, 1.54) is 289 Å². The zero-order chi connectivity index (χ0) is 53.6. The van der Waals surface area contributed by atoms with Crippen molar-refractivity contribution in [3.63, 3.8) is 0 Å². The van der Waals surface area contributed by atoms with Crippen LogP contribution < -0.4 is 5.32 Å². The fraction of sp³-hybridized carbons (Fsp3) is 0.912. The molecule has 3 N–H and O–H groups in total. The molecule has 0 aromatic rings. The molecule has 6 heteroatoms. The molecule has 74 heavy (non-hydrogen) atoms. The molecule has 2 unspecified atom stereocenters. The van der Waals surface area contributed by atoms with Crippen molar-refractivity contribution in [2.24, 2.45) is 0 Å². The minimum absolute atomic E-state index is 0.00228. The van der Waals surface area contributed by atoms with E-state index in [-0.39, 0.29) is 18.5 Å². The van der Waals surface area contributed by atoms with Crippen molar-refractivity contribution in [3.05, 3.63) is 24.3 Å². The van der Waals surface area contributed by atoms with Gasteiger partial charge in [0.05, 0.1) is 25.4 Å². The smallest absolute Gasteiger partial charge is 0.305 e. The fourth-order valence-corrected chi connectivity index (χ4v) is 10.6. The standard InChI is InChI=1S/C68H131NO5/c1-3-5-7-9-11-13-15-17-19-21-22-23-25-29-32-36-40-44-48-52-56-60-66(71)65(64-70)69-67(72)61-57-53-49-45-41-37-33-30-26-24-27-31-35-39-43-47-51-55-59-63-74-68(73)62-58-54-50-46-42-38-34-28-20-18-16-14-12-10-8-6-4-2/h12,14,18,20,65-66,70-71H,3-11,13,15-17,19,21-64H2,1-2H3,(H,69,72)/b14-12-,20-18-. The van der Waals surface area contributed by atoms with E-state index in [1.54, 1.807) is 0 Å². The van der Waals surface area contributed by atoms with Crippen molar-refractivity contribution in [2.45, 2.75) is 386 Å². The van der Waals surface area contributed by atoms with Crippen molar-refractivity contribution in [3.8, 4) is 0 Å². The number of hydrogen-bond acceptors (Lipinski definition) is 5. The van der Waals surface area contributed by atoms with E-state index in [2.05, 4.69) is 43.5 Å². The maximum absolute atomic E-state index is 12.5. The zero-order valence-corrected chi connectivity index (χ0v) is 50.1. The number of rotatable bonds is 63. The number of amides is 1. The van der Waals surface area contributed by atoms with Crippen molar-refractivity contribution in [1.82, 2.24) is 5.32 Å². The third-order valence-electron chi connectivity index (χ3n) is 15.8. The van der Waals surface area contributed by atoms with Crippen LogP contribution in [0.3, 0.4) is 0 Å². The molecule has 0 aliphatic rings. The summed E-state index contributed by atoms with van der Waals surface area (Å²) in [5.74, 6) is -0.0317. The van der Waals surface area contributed by atoms with E-state index in [0.717, 1.165) is 51.4 Å². The van der Waals surface area contributed by atoms with Gasteiger partial charge in [-0.05, 0) is 57.8 Å². The van der Waals surface area contributed by atoms with Gasteiger partial charge in [-0.2, -0.15) is 0 Å². The van der Waals surface area contributed by atoms with Crippen LogP contribution in [0.15, 0.2) is 24.3 Å². The summed E-state index contributed by atoms with van der Waals surface area (Å²) < 4.78 is 5.49. The van der Waals surface area contributed by atoms with Gasteiger partial charge in [0.15, 0.2) is 0 Å². The summed E-state index contributed by atoms with van der Waals surface area (Å²) >= 11 is 0. The van der Waals surface area contributed by atoms with Gasteiger partial charge in [-0.3, -0.25) is 9.59 Å². The number of hydrogen-bond donors (Lipinski definition) is 3. The summed E-state index contributed by atoms with van der Waals surface area (Å²) in [6.45, 7) is 4.95. The van der Waals surface area contributed by atoms with Crippen molar-refractivity contribution >= 4 is 11.9 Å². The second-order valence-corrected chi connectivity index (χ2v) is 23.2. The molecule has 0 rings (SSSR count). The summed E-state index contributed by atoms with van der Waals surface area (Å²) in [6.07, 6.45) is 79.1. The number of carbonyl (C=O) groups is 2. The Labute approximate surface area is 462 Å². The van der Waals surface area contributed by atoms with Crippen LogP contribution in [0, 0.1) is 0 Å². The van der Waals surface area contributed by atoms with Gasteiger partial charge in [0.1, 0.15) is 0 Å². The van der Waals surface area contributed by atoms with Gasteiger partial charge < -0.3 is 20.3 Å². The van der Waals surface area contributed by atoms with Crippen LogP contribution in [0.25, 0.3) is 0 Å². The van der Waals surface area contributed by atoms with E-state index >= 15 is 0 Å². The van der Waals surface area contributed by atoms with Crippen LogP contribution in [0.4, 0.5) is 0 Å². The molecule has 0 heterocycles. The highest BCUT2D eigenvalue weighted by Gasteiger charge is 2.20. The maximum Gasteiger partial charge on any atom is 0.305 e. The van der Waals surface area contributed by atoms with E-state index in [4.69, 9.17) is 4.74 Å². The Hall–Kier alpha value is -1.66. The van der Waals surface area contributed by atoms with Crippen molar-refractivity contribution in [1.29, 1.82) is 0 Å². The quantitative estimate of drug-likeness (QED) is 0.0320. The Morgan fingerprint density at radius 1 is 0.378 bits per heavy atom. The van der Waals surface area contributed by atoms with Crippen LogP contribution in [-0.4, -0.2) is 47.4 Å². The molecule has 2 atom stereocenters. The number of ether oxygens (including phenoxy) is 1. The molecule has 0 spiro atoms. The Morgan fingerprint density at radius 3 is 1.05 bits per heavy atom. The SMILES string of the molecule is CCCCC/C=C\C/C=C\CCCCCCCCCC(=O)OCCCCCCCCCCCCCCCCCCCCCC(=O)NC(CO)C(O)CCCCCCCCCCCCCCCCCCCCCCC. The van der Waals surface area contributed by atoms with Crippen LogP contribution in [0.1, 0.15) is 373 Å². The normalized spacial score (nSPS) is 12.6. The first-order chi connectivity index (χ1) is 36.5. The first-order valence-electron chi connectivity index (χ1n) is 33.6. The van der Waals surface area contributed by atoms with Gasteiger partial charge in [-0.15, -0.1) is 0 Å². The van der Waals surface area contributed by atoms with Crippen LogP contribution in [-0.2, 0) is 14.3 Å². The van der Waals surface area contributed by atoms with Gasteiger partial charge in [0.25, 0.3) is 0 Å². The number of carbonyl (C=O) groups excluding carboxylic acids is 2. The number of esters is 1. The third kappa shape index (κ3) is 59.6. The van der Waals surface area contributed by atoms with E-state index < -0.39 is 12.1 Å². The Bertz CT molecular complexity index is 1150. The predicted molar refractivity (Wildman–Crippen MR) is 324 cm³/mol. The molecular weight excluding hydrogens is 911 g/mol. The number of nitrogens with one attached hydrogen (secondary N) is 1. The maximum atomic E-state index is 12.5. The molecular formula is C68H131NO5. The van der Waals surface area contributed by atoms with Crippen molar-refractivity contribution in [2.75, 3.05) is 13.2 Å². The molecule has 1 amide bonds. The molecule has 0 aliphatic carbocycles. The first kappa shape index (κ1) is 72.3. The predicted octanol–water partition coefficient (Wildman–Crippen LogP) is 21.4. The summed E-state index contributed by atoms with van der Waals surface area (Å²) in [5, 5.41) is 23.4. The second-order valence-electron chi connectivity index (χ2n) is 23.2. The Kier molecular flexibility index (Phi) is 62.4. The van der Waals surface area contributed by atoms with Gasteiger partial charge in [0.2, 0.25) is 5.91 Å². The van der Waals surface area contributed by atoms with Gasteiger partial charge in [-0.25, -0.2) is 0 Å². The highest BCUT2D eigenvalue weighted by Crippen LogP contribution is 2.19. The average Bonchev–Trinajstić information content (AvgIpc) is 3.40. The van der Waals surface area contributed by atoms with Crippen molar-refractivity contribution < 1.29 is 24.5 Å². The molecule has 0 fully saturated rings. The lowest BCUT2D eigenvalue weighted by atomic mass is 10.0. The van der Waals surface area contributed by atoms with E-state index in [9.17, 15) is 19.8 Å². The van der Waals surface area contributed by atoms with Gasteiger partial charge >= 0.3 is 5.97 Å². The number of aliphatic hydroxyl groups is 2. The second kappa shape index (κ2) is 63.9. The molecule has 0 saturated heterocycles. The van der Waals surface area contributed by atoms with Gasteiger partial charge in [0, 0.05) is 12.8 Å². The molecule has 438 valence electrons. The highest BCUT2D eigenvalue weighted by atomic mass is 16.5. The average molecular weight is 1040 g/mol. The summed E-state index contributed by atoms with van der Waals surface area (Å²) in [7, 11) is 0. The van der Waals surface area contributed by atoms with Crippen LogP contribution in [0.5, 0.6) is 0 Å².